The second-order valence-corrected chi connectivity index (χ2v) is 13.8. The van der Waals surface area contributed by atoms with Crippen LogP contribution in [0, 0.1) is 3.57 Å². The normalized spacial score (nSPS) is 23.0. The van der Waals surface area contributed by atoms with Crippen molar-refractivity contribution in [3.8, 4) is 0 Å². The molecule has 1 saturated heterocycles. The zero-order valence-corrected chi connectivity index (χ0v) is 23.4. The number of hydrogen-bond donors (Lipinski definition) is 5. The van der Waals surface area contributed by atoms with Crippen LogP contribution in [0.15, 0.2) is 30.5 Å². The van der Waals surface area contributed by atoms with Gasteiger partial charge in [0.2, 0.25) is 5.28 Å². The standard InChI is InChI=1S/C19H23ClIN5O8P2/c1-10(11-3-2-4-12(21)5-11)23-17-13-7-22-26(18(13)25-19(20)24-17)16-6-14(27)15(34-16)8-33-36(31,32)9-35(28,29)30/h2-5,7,10,14-16,27H,6,8-9H2,1H3,(H,31,32)(H,23,24,25)(H2,28,29,30)/t10-,14-,15+,16+/m0/s1. The molecule has 0 spiro atoms. The second-order valence-electron chi connectivity index (χ2n) is 8.26. The van der Waals surface area contributed by atoms with Crippen LogP contribution in [-0.2, 0) is 18.4 Å². The largest absolute Gasteiger partial charge is 0.390 e. The number of halogens is 2. The lowest BCUT2D eigenvalue weighted by Crippen LogP contribution is -2.26. The number of ether oxygens (including phenoxy) is 1. The molecule has 36 heavy (non-hydrogen) atoms. The molecule has 0 amide bonds. The molecular formula is C19H23ClIN5O8P2. The molecule has 1 aliphatic rings. The smallest absolute Gasteiger partial charge is 0.340 e. The van der Waals surface area contributed by atoms with Gasteiger partial charge in [-0.1, -0.05) is 12.1 Å². The van der Waals surface area contributed by atoms with E-state index in [0.717, 1.165) is 9.13 Å². The lowest BCUT2D eigenvalue weighted by Gasteiger charge is -2.18. The van der Waals surface area contributed by atoms with Gasteiger partial charge in [-0.15, -0.1) is 0 Å². The fourth-order valence-corrected chi connectivity index (χ4v) is 7.06. The van der Waals surface area contributed by atoms with Crippen molar-refractivity contribution in [1.29, 1.82) is 0 Å². The first-order valence-electron chi connectivity index (χ1n) is 10.6. The van der Waals surface area contributed by atoms with Gasteiger partial charge >= 0.3 is 15.2 Å². The topological polar surface area (TPSA) is 189 Å². The molecule has 5 N–H and O–H groups in total. The zero-order chi connectivity index (χ0) is 26.3. The molecular weight excluding hydrogens is 651 g/mol. The predicted octanol–water partition coefficient (Wildman–Crippen LogP) is 3.24. The van der Waals surface area contributed by atoms with Crippen molar-refractivity contribution in [2.45, 2.75) is 37.8 Å². The van der Waals surface area contributed by atoms with Crippen LogP contribution in [0.4, 0.5) is 5.82 Å². The van der Waals surface area contributed by atoms with Crippen LogP contribution in [-0.4, -0.2) is 64.3 Å². The summed E-state index contributed by atoms with van der Waals surface area (Å²) in [5.41, 5.74) is 1.39. The number of fused-ring (bicyclic) bond motifs is 1. The molecule has 1 aromatic carbocycles. The number of nitrogens with zero attached hydrogens (tertiary/aromatic N) is 4. The molecule has 13 nitrogen and oxygen atoms in total. The van der Waals surface area contributed by atoms with E-state index in [0.29, 0.717) is 16.9 Å². The van der Waals surface area contributed by atoms with Gasteiger partial charge in [0.25, 0.3) is 0 Å². The molecule has 5 atom stereocenters. The fourth-order valence-electron chi connectivity index (χ4n) is 3.76. The number of aromatic nitrogens is 4. The van der Waals surface area contributed by atoms with E-state index in [9.17, 15) is 19.1 Å². The third kappa shape index (κ3) is 6.81. The summed E-state index contributed by atoms with van der Waals surface area (Å²) in [5.74, 6) is -0.874. The Morgan fingerprint density at radius 1 is 1.33 bits per heavy atom. The van der Waals surface area contributed by atoms with E-state index in [-0.39, 0.29) is 17.7 Å². The number of aliphatic hydroxyl groups excluding tert-OH is 1. The van der Waals surface area contributed by atoms with Gasteiger partial charge in [-0.25, -0.2) is 4.68 Å². The summed E-state index contributed by atoms with van der Waals surface area (Å²) in [7, 11) is -9.36. The maximum atomic E-state index is 11.9. The first-order valence-corrected chi connectivity index (χ1v) is 15.6. The highest BCUT2D eigenvalue weighted by molar-refractivity contribution is 14.1. The summed E-state index contributed by atoms with van der Waals surface area (Å²) >= 11 is 8.42. The number of aliphatic hydroxyl groups is 1. The molecule has 196 valence electrons. The average molecular weight is 674 g/mol. The third-order valence-electron chi connectivity index (χ3n) is 5.41. The van der Waals surface area contributed by atoms with Crippen molar-refractivity contribution in [2.75, 3.05) is 17.8 Å². The van der Waals surface area contributed by atoms with E-state index in [1.807, 2.05) is 31.2 Å². The van der Waals surface area contributed by atoms with Gasteiger partial charge in [-0.2, -0.15) is 15.1 Å². The van der Waals surface area contributed by atoms with Gasteiger partial charge in [-0.3, -0.25) is 9.13 Å². The van der Waals surface area contributed by atoms with Crippen LogP contribution in [0.5, 0.6) is 0 Å². The summed E-state index contributed by atoms with van der Waals surface area (Å²) in [6.45, 7) is 1.42. The Morgan fingerprint density at radius 3 is 2.78 bits per heavy atom. The summed E-state index contributed by atoms with van der Waals surface area (Å²) in [6.07, 6.45) is -1.35. The molecule has 1 fully saturated rings. The Kier molecular flexibility index (Phi) is 8.42. The van der Waals surface area contributed by atoms with E-state index >= 15 is 0 Å². The van der Waals surface area contributed by atoms with Crippen LogP contribution in [0.2, 0.25) is 5.28 Å². The minimum Gasteiger partial charge on any atom is -0.390 e. The molecule has 0 aliphatic carbocycles. The molecule has 17 heteroatoms. The molecule has 0 saturated carbocycles. The third-order valence-corrected chi connectivity index (χ3v) is 9.70. The SMILES string of the molecule is C[C@H](Nc1nc(Cl)nc2c1cnn2[C@H]1C[C@H](O)[C@@H](COP(=O)(O)CP(=O)(O)O)O1)c1cccc(I)c1. The molecule has 3 heterocycles. The fraction of sp³-hybridized carbons (Fsp3) is 0.421. The Labute approximate surface area is 224 Å². The molecule has 2 aromatic heterocycles. The van der Waals surface area contributed by atoms with Gasteiger partial charge in [-0.05, 0) is 58.8 Å². The number of anilines is 1. The predicted molar refractivity (Wildman–Crippen MR) is 139 cm³/mol. The van der Waals surface area contributed by atoms with Crippen molar-refractivity contribution in [3.05, 3.63) is 44.9 Å². The minimum atomic E-state index is -4.77. The van der Waals surface area contributed by atoms with Gasteiger partial charge in [0.05, 0.1) is 30.3 Å². The van der Waals surface area contributed by atoms with Crippen molar-refractivity contribution in [1.82, 2.24) is 19.7 Å². The molecule has 1 aliphatic heterocycles. The second kappa shape index (κ2) is 10.9. The molecule has 0 radical (unpaired) electrons. The van der Waals surface area contributed by atoms with Gasteiger partial charge in [0.1, 0.15) is 11.9 Å². The number of nitrogens with one attached hydrogen (secondary N) is 1. The van der Waals surface area contributed by atoms with E-state index in [1.165, 1.54) is 10.9 Å². The van der Waals surface area contributed by atoms with Crippen molar-refractivity contribution >= 4 is 66.2 Å². The van der Waals surface area contributed by atoms with Gasteiger partial charge in [0.15, 0.2) is 17.8 Å². The van der Waals surface area contributed by atoms with Crippen LogP contribution in [0.1, 0.15) is 31.2 Å². The maximum Gasteiger partial charge on any atom is 0.340 e. The van der Waals surface area contributed by atoms with Crippen LogP contribution in [0.25, 0.3) is 11.0 Å². The minimum absolute atomic E-state index is 0.0290. The van der Waals surface area contributed by atoms with E-state index in [2.05, 4.69) is 43.0 Å². The molecule has 0 bridgehead atoms. The van der Waals surface area contributed by atoms with E-state index in [4.69, 9.17) is 30.6 Å². The quantitative estimate of drug-likeness (QED) is 0.127. The highest BCUT2D eigenvalue weighted by Crippen LogP contribution is 2.55. The summed E-state index contributed by atoms with van der Waals surface area (Å²) in [5, 5.41) is 18.6. The Hall–Kier alpha value is -1.19. The Morgan fingerprint density at radius 2 is 2.08 bits per heavy atom. The van der Waals surface area contributed by atoms with Crippen LogP contribution < -0.4 is 5.32 Å². The lowest BCUT2D eigenvalue weighted by molar-refractivity contribution is -0.0434. The highest BCUT2D eigenvalue weighted by atomic mass is 127. The maximum absolute atomic E-state index is 11.9. The number of rotatable bonds is 9. The summed E-state index contributed by atoms with van der Waals surface area (Å²) < 4.78 is 36.0. The molecule has 4 rings (SSSR count). The monoisotopic (exact) mass is 673 g/mol. The molecule has 3 aromatic rings. The summed E-state index contributed by atoms with van der Waals surface area (Å²) in [6, 6.07) is 7.88. The highest BCUT2D eigenvalue weighted by Gasteiger charge is 2.39. The van der Waals surface area contributed by atoms with Crippen molar-refractivity contribution in [3.63, 3.8) is 0 Å². The van der Waals surface area contributed by atoms with Crippen LogP contribution >= 0.6 is 49.4 Å². The first-order chi connectivity index (χ1) is 16.8. The number of hydrogen-bond acceptors (Lipinski definition) is 9. The Bertz CT molecular complexity index is 1360. The van der Waals surface area contributed by atoms with Gasteiger partial charge in [0, 0.05) is 9.99 Å². The van der Waals surface area contributed by atoms with Gasteiger partial charge < -0.3 is 34.4 Å². The number of benzene rings is 1. The Balaban J connectivity index is 1.51. The van der Waals surface area contributed by atoms with E-state index in [1.54, 1.807) is 0 Å². The zero-order valence-electron chi connectivity index (χ0n) is 18.7. The van der Waals surface area contributed by atoms with Crippen LogP contribution in [0.3, 0.4) is 0 Å². The first kappa shape index (κ1) is 27.8. The molecule has 1 unspecified atom stereocenters. The van der Waals surface area contributed by atoms with Crippen molar-refractivity contribution in [2.24, 2.45) is 0 Å². The van der Waals surface area contributed by atoms with Crippen molar-refractivity contribution < 1.29 is 38.2 Å². The summed E-state index contributed by atoms with van der Waals surface area (Å²) in [4.78, 5) is 36.1. The lowest BCUT2D eigenvalue weighted by atomic mass is 10.1. The van der Waals surface area contributed by atoms with E-state index < -0.39 is 46.1 Å². The average Bonchev–Trinajstić information content (AvgIpc) is 3.33.